The summed E-state index contributed by atoms with van der Waals surface area (Å²) in [5.74, 6) is -0.440. The van der Waals surface area contributed by atoms with Gasteiger partial charge in [-0.2, -0.15) is 0 Å². The number of nitrogens with one attached hydrogen (secondary N) is 1. The fourth-order valence-electron chi connectivity index (χ4n) is 3.25. The first-order valence-electron chi connectivity index (χ1n) is 7.72. The molecule has 1 aliphatic heterocycles. The van der Waals surface area contributed by atoms with Crippen molar-refractivity contribution in [1.82, 2.24) is 9.88 Å². The van der Waals surface area contributed by atoms with E-state index in [0.29, 0.717) is 18.5 Å². The lowest BCUT2D eigenvalue weighted by Gasteiger charge is -2.32. The summed E-state index contributed by atoms with van der Waals surface area (Å²) in [5.41, 5.74) is 1.57. The fourth-order valence-corrected chi connectivity index (χ4v) is 3.25. The molecule has 1 aliphatic rings. The third-order valence-electron chi connectivity index (χ3n) is 4.39. The first-order valence-corrected chi connectivity index (χ1v) is 7.72. The molecule has 0 spiro atoms. The number of benzene rings is 1. The molecule has 1 aromatic heterocycles. The van der Waals surface area contributed by atoms with E-state index in [2.05, 4.69) is 4.98 Å². The second-order valence-corrected chi connectivity index (χ2v) is 5.94. The summed E-state index contributed by atoms with van der Waals surface area (Å²) in [7, 11) is 0. The van der Waals surface area contributed by atoms with Crippen molar-refractivity contribution in [3.63, 3.8) is 0 Å². The lowest BCUT2D eigenvalue weighted by Crippen LogP contribution is -2.40. The zero-order valence-corrected chi connectivity index (χ0v) is 12.4. The van der Waals surface area contributed by atoms with Crippen molar-refractivity contribution in [2.75, 3.05) is 13.1 Å². The van der Waals surface area contributed by atoms with Gasteiger partial charge in [-0.15, -0.1) is 0 Å². The molecule has 0 aliphatic carbocycles. The van der Waals surface area contributed by atoms with Gasteiger partial charge in [0.15, 0.2) is 0 Å². The predicted octanol–water partition coefficient (Wildman–Crippen LogP) is 2.88. The summed E-state index contributed by atoms with van der Waals surface area (Å²) < 4.78 is 0. The molecule has 3 rings (SSSR count). The number of para-hydroxylation sites is 1. The summed E-state index contributed by atoms with van der Waals surface area (Å²) in [5, 5.41) is 9.84. The number of nitrogens with zero attached hydrogens (tertiary/aromatic N) is 1. The van der Waals surface area contributed by atoms with Crippen molar-refractivity contribution >= 4 is 22.8 Å². The number of piperidine rings is 1. The number of hydrogen-bond acceptors (Lipinski definition) is 2. The normalized spacial score (nSPS) is 18.5. The SMILES string of the molecule is O=C(O)CC[C@@H]1CCCN(C(=O)c2cccc3cc[nH]c23)C1. The number of amides is 1. The molecule has 0 radical (unpaired) electrons. The highest BCUT2D eigenvalue weighted by Crippen LogP contribution is 2.24. The zero-order valence-electron chi connectivity index (χ0n) is 12.4. The zero-order chi connectivity index (χ0) is 15.5. The first-order chi connectivity index (χ1) is 10.6. The smallest absolute Gasteiger partial charge is 0.303 e. The minimum Gasteiger partial charge on any atom is -0.481 e. The lowest BCUT2D eigenvalue weighted by molar-refractivity contribution is -0.137. The number of aromatic nitrogens is 1. The number of aromatic amines is 1. The lowest BCUT2D eigenvalue weighted by atomic mass is 9.93. The van der Waals surface area contributed by atoms with Crippen LogP contribution in [0.5, 0.6) is 0 Å². The van der Waals surface area contributed by atoms with Crippen molar-refractivity contribution in [3.05, 3.63) is 36.0 Å². The molecule has 0 saturated carbocycles. The Labute approximate surface area is 128 Å². The van der Waals surface area contributed by atoms with Gasteiger partial charge in [-0.05, 0) is 37.3 Å². The van der Waals surface area contributed by atoms with E-state index in [0.717, 1.165) is 30.3 Å². The molecule has 2 aromatic rings. The Kier molecular flexibility index (Phi) is 4.13. The average molecular weight is 300 g/mol. The van der Waals surface area contributed by atoms with Gasteiger partial charge in [0.1, 0.15) is 0 Å². The average Bonchev–Trinajstić information content (AvgIpc) is 3.01. The summed E-state index contributed by atoms with van der Waals surface area (Å²) >= 11 is 0. The minimum absolute atomic E-state index is 0.0353. The van der Waals surface area contributed by atoms with Crippen LogP contribution in [0.1, 0.15) is 36.0 Å². The highest BCUT2D eigenvalue weighted by atomic mass is 16.4. The Bertz CT molecular complexity index is 692. The van der Waals surface area contributed by atoms with Gasteiger partial charge in [-0.1, -0.05) is 12.1 Å². The van der Waals surface area contributed by atoms with Crippen LogP contribution in [-0.2, 0) is 4.79 Å². The summed E-state index contributed by atoms with van der Waals surface area (Å²) in [6, 6.07) is 7.68. The van der Waals surface area contributed by atoms with Gasteiger partial charge in [-0.25, -0.2) is 0 Å². The number of carboxylic acid groups (broad SMARTS) is 1. The van der Waals surface area contributed by atoms with Crippen molar-refractivity contribution in [2.45, 2.75) is 25.7 Å². The maximum atomic E-state index is 12.8. The van der Waals surface area contributed by atoms with Crippen molar-refractivity contribution in [2.24, 2.45) is 5.92 Å². The molecule has 0 bridgehead atoms. The molecule has 1 fully saturated rings. The van der Waals surface area contributed by atoms with E-state index in [1.807, 2.05) is 35.4 Å². The quantitative estimate of drug-likeness (QED) is 0.912. The summed E-state index contributed by atoms with van der Waals surface area (Å²) in [6.45, 7) is 1.41. The molecule has 5 heteroatoms. The number of carbonyl (C=O) groups excluding carboxylic acids is 1. The van der Waals surface area contributed by atoms with Crippen LogP contribution < -0.4 is 0 Å². The van der Waals surface area contributed by atoms with Crippen LogP contribution in [0.25, 0.3) is 10.9 Å². The van der Waals surface area contributed by atoms with E-state index in [-0.39, 0.29) is 18.2 Å². The van der Waals surface area contributed by atoms with Crippen molar-refractivity contribution < 1.29 is 14.7 Å². The van der Waals surface area contributed by atoms with Crippen LogP contribution in [-0.4, -0.2) is 40.0 Å². The molecule has 2 heterocycles. The van der Waals surface area contributed by atoms with Gasteiger partial charge in [0.25, 0.3) is 5.91 Å². The number of carbonyl (C=O) groups is 2. The molecule has 1 saturated heterocycles. The van der Waals surface area contributed by atoms with E-state index >= 15 is 0 Å². The third kappa shape index (κ3) is 2.98. The van der Waals surface area contributed by atoms with Crippen LogP contribution in [0.4, 0.5) is 0 Å². The number of hydrogen-bond donors (Lipinski definition) is 2. The van der Waals surface area contributed by atoms with E-state index in [1.54, 1.807) is 0 Å². The molecular weight excluding hydrogens is 280 g/mol. The molecular formula is C17H20N2O3. The Morgan fingerprint density at radius 3 is 3.00 bits per heavy atom. The largest absolute Gasteiger partial charge is 0.481 e. The molecule has 0 unspecified atom stereocenters. The summed E-state index contributed by atoms with van der Waals surface area (Å²) in [4.78, 5) is 28.5. The van der Waals surface area contributed by atoms with Gasteiger partial charge in [0, 0.05) is 31.1 Å². The molecule has 1 atom stereocenters. The van der Waals surface area contributed by atoms with Crippen molar-refractivity contribution in [1.29, 1.82) is 0 Å². The molecule has 5 nitrogen and oxygen atoms in total. The number of H-pyrrole nitrogens is 1. The highest BCUT2D eigenvalue weighted by Gasteiger charge is 2.25. The Balaban J connectivity index is 1.74. The first kappa shape index (κ1) is 14.6. The maximum absolute atomic E-state index is 12.8. The molecule has 116 valence electrons. The van der Waals surface area contributed by atoms with Crippen LogP contribution >= 0.6 is 0 Å². The number of carboxylic acids is 1. The van der Waals surface area contributed by atoms with E-state index in [4.69, 9.17) is 5.11 Å². The second kappa shape index (κ2) is 6.22. The van der Waals surface area contributed by atoms with Crippen LogP contribution in [0.3, 0.4) is 0 Å². The van der Waals surface area contributed by atoms with Crippen LogP contribution in [0, 0.1) is 5.92 Å². The molecule has 1 aromatic carbocycles. The van der Waals surface area contributed by atoms with Gasteiger partial charge in [0.2, 0.25) is 0 Å². The second-order valence-electron chi connectivity index (χ2n) is 5.94. The van der Waals surface area contributed by atoms with E-state index in [1.165, 1.54) is 0 Å². The summed E-state index contributed by atoms with van der Waals surface area (Å²) in [6.07, 6.45) is 4.61. The highest BCUT2D eigenvalue weighted by molar-refractivity contribution is 6.05. The monoisotopic (exact) mass is 300 g/mol. The van der Waals surface area contributed by atoms with Gasteiger partial charge in [-0.3, -0.25) is 9.59 Å². The number of aliphatic carboxylic acids is 1. The van der Waals surface area contributed by atoms with Gasteiger partial charge >= 0.3 is 5.97 Å². The molecule has 1 amide bonds. The van der Waals surface area contributed by atoms with E-state index < -0.39 is 5.97 Å². The Morgan fingerprint density at radius 1 is 1.32 bits per heavy atom. The minimum atomic E-state index is -0.764. The van der Waals surface area contributed by atoms with Gasteiger partial charge in [0.05, 0.1) is 11.1 Å². The number of likely N-dealkylation sites (tertiary alicyclic amines) is 1. The number of fused-ring (bicyclic) bond motifs is 1. The van der Waals surface area contributed by atoms with Gasteiger partial charge < -0.3 is 15.0 Å². The fraction of sp³-hybridized carbons (Fsp3) is 0.412. The maximum Gasteiger partial charge on any atom is 0.303 e. The van der Waals surface area contributed by atoms with Crippen molar-refractivity contribution in [3.8, 4) is 0 Å². The third-order valence-corrected chi connectivity index (χ3v) is 4.39. The standard InChI is InChI=1S/C17H20N2O3/c20-15(21)7-6-12-3-2-10-19(11-12)17(22)14-5-1-4-13-8-9-18-16(13)14/h1,4-5,8-9,12,18H,2-3,6-7,10-11H2,(H,20,21)/t12-/m0/s1. The Morgan fingerprint density at radius 2 is 2.18 bits per heavy atom. The van der Waals surface area contributed by atoms with E-state index in [9.17, 15) is 9.59 Å². The molecule has 22 heavy (non-hydrogen) atoms. The van der Waals surface area contributed by atoms with Crippen LogP contribution in [0.15, 0.2) is 30.5 Å². The number of rotatable bonds is 4. The molecule has 2 N–H and O–H groups in total. The topological polar surface area (TPSA) is 73.4 Å². The predicted molar refractivity (Wildman–Crippen MR) is 83.8 cm³/mol. The van der Waals surface area contributed by atoms with Crippen LogP contribution in [0.2, 0.25) is 0 Å². The Hall–Kier alpha value is -2.30.